The second-order valence-electron chi connectivity index (χ2n) is 5.10. The third-order valence-corrected chi connectivity index (χ3v) is 4.43. The molecule has 0 aliphatic heterocycles. The maximum Gasteiger partial charge on any atom is 0.257 e. The molecule has 9 heteroatoms. The molecule has 25 heavy (non-hydrogen) atoms. The van der Waals surface area contributed by atoms with Crippen molar-refractivity contribution in [3.8, 4) is 11.4 Å². The molecule has 0 spiro atoms. The highest BCUT2D eigenvalue weighted by atomic mass is 35.5. The van der Waals surface area contributed by atoms with Crippen molar-refractivity contribution in [2.24, 2.45) is 0 Å². The first-order valence-corrected chi connectivity index (χ1v) is 8.35. The highest BCUT2D eigenvalue weighted by molar-refractivity contribution is 7.20. The van der Waals surface area contributed by atoms with Gasteiger partial charge in [-0.05, 0) is 30.3 Å². The predicted octanol–water partition coefficient (Wildman–Crippen LogP) is 3.90. The van der Waals surface area contributed by atoms with Gasteiger partial charge in [-0.25, -0.2) is 4.39 Å². The SMILES string of the molecule is O=C(Nc1nn2c(-c3cccc(Cl)c3)nnc2s1)c1cccc(F)c1. The van der Waals surface area contributed by atoms with E-state index in [4.69, 9.17) is 11.6 Å². The van der Waals surface area contributed by atoms with Crippen molar-refractivity contribution < 1.29 is 9.18 Å². The number of halogens is 2. The van der Waals surface area contributed by atoms with Crippen molar-refractivity contribution in [1.29, 1.82) is 0 Å². The molecule has 0 aliphatic carbocycles. The molecule has 0 unspecified atom stereocenters. The van der Waals surface area contributed by atoms with E-state index in [9.17, 15) is 9.18 Å². The van der Waals surface area contributed by atoms with Gasteiger partial charge >= 0.3 is 0 Å². The summed E-state index contributed by atoms with van der Waals surface area (Å²) in [6.45, 7) is 0. The van der Waals surface area contributed by atoms with Crippen molar-refractivity contribution >= 4 is 38.9 Å². The summed E-state index contributed by atoms with van der Waals surface area (Å²) in [6.07, 6.45) is 0. The van der Waals surface area contributed by atoms with Crippen LogP contribution in [0.1, 0.15) is 10.4 Å². The fraction of sp³-hybridized carbons (Fsp3) is 0. The van der Waals surface area contributed by atoms with Gasteiger partial charge in [-0.1, -0.05) is 41.1 Å². The normalized spacial score (nSPS) is 11.0. The van der Waals surface area contributed by atoms with E-state index in [-0.39, 0.29) is 5.56 Å². The summed E-state index contributed by atoms with van der Waals surface area (Å²) in [7, 11) is 0. The molecule has 0 saturated carbocycles. The molecule has 0 saturated heterocycles. The number of fused-ring (bicyclic) bond motifs is 1. The molecule has 2 aromatic carbocycles. The molecule has 2 aromatic heterocycles. The molecule has 0 radical (unpaired) electrons. The van der Waals surface area contributed by atoms with Gasteiger partial charge in [0, 0.05) is 16.1 Å². The zero-order chi connectivity index (χ0) is 17.4. The summed E-state index contributed by atoms with van der Waals surface area (Å²) in [4.78, 5) is 12.7. The smallest absolute Gasteiger partial charge is 0.257 e. The molecule has 1 N–H and O–H groups in total. The first-order valence-electron chi connectivity index (χ1n) is 7.15. The number of rotatable bonds is 3. The second kappa shape index (κ2) is 6.23. The lowest BCUT2D eigenvalue weighted by Crippen LogP contribution is -2.12. The minimum atomic E-state index is -0.478. The minimum Gasteiger partial charge on any atom is -0.296 e. The van der Waals surface area contributed by atoms with Crippen molar-refractivity contribution in [2.45, 2.75) is 0 Å². The third kappa shape index (κ3) is 3.09. The number of hydrogen-bond acceptors (Lipinski definition) is 5. The Morgan fingerprint density at radius 2 is 2.00 bits per heavy atom. The third-order valence-electron chi connectivity index (χ3n) is 3.38. The quantitative estimate of drug-likeness (QED) is 0.591. The Morgan fingerprint density at radius 3 is 2.80 bits per heavy atom. The number of carbonyl (C=O) groups excluding carboxylic acids is 1. The molecule has 4 rings (SSSR count). The van der Waals surface area contributed by atoms with Gasteiger partial charge in [-0.2, -0.15) is 4.52 Å². The van der Waals surface area contributed by atoms with Crippen LogP contribution in [0.25, 0.3) is 16.3 Å². The molecule has 124 valence electrons. The Kier molecular flexibility index (Phi) is 3.90. The van der Waals surface area contributed by atoms with Crippen molar-refractivity contribution in [2.75, 3.05) is 5.32 Å². The number of nitrogens with one attached hydrogen (secondary N) is 1. The van der Waals surface area contributed by atoms with Crippen LogP contribution in [-0.2, 0) is 0 Å². The lowest BCUT2D eigenvalue weighted by Gasteiger charge is -2.01. The summed E-state index contributed by atoms with van der Waals surface area (Å²) in [6, 6.07) is 12.6. The Labute approximate surface area is 149 Å². The van der Waals surface area contributed by atoms with Crippen LogP contribution in [0, 0.1) is 5.82 Å². The summed E-state index contributed by atoms with van der Waals surface area (Å²) >= 11 is 7.17. The van der Waals surface area contributed by atoms with Crippen LogP contribution >= 0.6 is 22.9 Å². The minimum absolute atomic E-state index is 0.209. The van der Waals surface area contributed by atoms with E-state index in [0.717, 1.165) is 23.0 Å². The standard InChI is InChI=1S/C16H9ClFN5OS/c17-11-5-1-3-9(7-11)13-20-21-16-23(13)22-15(25-16)19-14(24)10-4-2-6-12(18)8-10/h1-8H,(H,19,22,24). The molecule has 0 atom stereocenters. The van der Waals surface area contributed by atoms with Gasteiger partial charge in [-0.15, -0.1) is 15.3 Å². The van der Waals surface area contributed by atoms with Crippen LogP contribution in [0.2, 0.25) is 5.02 Å². The highest BCUT2D eigenvalue weighted by Crippen LogP contribution is 2.26. The number of aromatic nitrogens is 4. The highest BCUT2D eigenvalue weighted by Gasteiger charge is 2.16. The van der Waals surface area contributed by atoms with Gasteiger partial charge in [0.2, 0.25) is 10.1 Å². The Bertz CT molecular complexity index is 1090. The predicted molar refractivity (Wildman–Crippen MR) is 93.5 cm³/mol. The number of benzene rings is 2. The summed E-state index contributed by atoms with van der Waals surface area (Å²) in [5.41, 5.74) is 0.967. The number of carbonyl (C=O) groups is 1. The summed E-state index contributed by atoms with van der Waals surface area (Å²) < 4.78 is 14.8. The topological polar surface area (TPSA) is 72.2 Å². The molecule has 0 aliphatic rings. The fourth-order valence-electron chi connectivity index (χ4n) is 2.27. The maximum absolute atomic E-state index is 13.2. The number of anilines is 1. The van der Waals surface area contributed by atoms with Crippen molar-refractivity contribution in [3.05, 3.63) is 64.9 Å². The van der Waals surface area contributed by atoms with Gasteiger partial charge in [0.15, 0.2) is 5.82 Å². The summed E-state index contributed by atoms with van der Waals surface area (Å²) in [5.74, 6) is -0.414. The van der Waals surface area contributed by atoms with E-state index in [1.54, 1.807) is 18.2 Å². The van der Waals surface area contributed by atoms with Crippen LogP contribution in [0.4, 0.5) is 9.52 Å². The molecular formula is C16H9ClFN5OS. The van der Waals surface area contributed by atoms with Gasteiger partial charge in [0.1, 0.15) is 5.82 Å². The Morgan fingerprint density at radius 1 is 1.16 bits per heavy atom. The van der Waals surface area contributed by atoms with E-state index in [0.29, 0.717) is 20.9 Å². The Balaban J connectivity index is 1.65. The van der Waals surface area contributed by atoms with Gasteiger partial charge in [0.05, 0.1) is 0 Å². The van der Waals surface area contributed by atoms with Crippen LogP contribution in [0.15, 0.2) is 48.5 Å². The maximum atomic E-state index is 13.2. The van der Waals surface area contributed by atoms with Gasteiger partial charge in [0.25, 0.3) is 5.91 Å². The van der Waals surface area contributed by atoms with Gasteiger partial charge in [-0.3, -0.25) is 10.1 Å². The number of amides is 1. The average Bonchev–Trinajstić information content (AvgIpc) is 3.14. The second-order valence-corrected chi connectivity index (χ2v) is 6.49. The van der Waals surface area contributed by atoms with Crippen molar-refractivity contribution in [1.82, 2.24) is 19.8 Å². The van der Waals surface area contributed by atoms with Crippen LogP contribution < -0.4 is 5.32 Å². The van der Waals surface area contributed by atoms with E-state index >= 15 is 0 Å². The largest absolute Gasteiger partial charge is 0.296 e. The number of hydrogen-bond donors (Lipinski definition) is 1. The first kappa shape index (κ1) is 15.7. The molecular weight excluding hydrogens is 365 g/mol. The lowest BCUT2D eigenvalue weighted by molar-refractivity contribution is 0.102. The van der Waals surface area contributed by atoms with Crippen LogP contribution in [-0.4, -0.2) is 25.7 Å². The fourth-order valence-corrected chi connectivity index (χ4v) is 3.20. The lowest BCUT2D eigenvalue weighted by atomic mass is 10.2. The molecule has 2 heterocycles. The van der Waals surface area contributed by atoms with E-state index in [1.165, 1.54) is 22.7 Å². The molecule has 0 bridgehead atoms. The zero-order valence-electron chi connectivity index (χ0n) is 12.5. The van der Waals surface area contributed by atoms with Crippen LogP contribution in [0.3, 0.4) is 0 Å². The van der Waals surface area contributed by atoms with Gasteiger partial charge < -0.3 is 0 Å². The van der Waals surface area contributed by atoms with E-state index < -0.39 is 11.7 Å². The molecule has 6 nitrogen and oxygen atoms in total. The van der Waals surface area contributed by atoms with E-state index in [2.05, 4.69) is 20.6 Å². The molecule has 1 amide bonds. The zero-order valence-corrected chi connectivity index (χ0v) is 14.1. The monoisotopic (exact) mass is 373 g/mol. The number of nitrogens with zero attached hydrogens (tertiary/aromatic N) is 4. The summed E-state index contributed by atoms with van der Waals surface area (Å²) in [5, 5.41) is 16.0. The van der Waals surface area contributed by atoms with Crippen LogP contribution in [0.5, 0.6) is 0 Å². The Hall–Kier alpha value is -2.84. The molecule has 0 fully saturated rings. The molecule has 4 aromatic rings. The average molecular weight is 374 g/mol. The van der Waals surface area contributed by atoms with Crippen molar-refractivity contribution in [3.63, 3.8) is 0 Å². The van der Waals surface area contributed by atoms with E-state index in [1.807, 2.05) is 6.07 Å². The first-order chi connectivity index (χ1) is 12.1.